The third-order valence-corrected chi connectivity index (χ3v) is 4.21. The van der Waals surface area contributed by atoms with E-state index in [1.54, 1.807) is 6.07 Å². The summed E-state index contributed by atoms with van der Waals surface area (Å²) in [5, 5.41) is 2.83. The Morgan fingerprint density at radius 2 is 1.92 bits per heavy atom. The van der Waals surface area contributed by atoms with Gasteiger partial charge in [-0.25, -0.2) is 18.2 Å². The van der Waals surface area contributed by atoms with E-state index in [0.717, 1.165) is 6.26 Å². The van der Waals surface area contributed by atoms with E-state index in [1.165, 1.54) is 36.5 Å². The number of rotatable bonds is 5. The summed E-state index contributed by atoms with van der Waals surface area (Å²) in [4.78, 5) is 27.5. The number of carbonyl (C=O) groups is 2. The molecule has 24 heavy (non-hydrogen) atoms. The monoisotopic (exact) mass is 368 g/mol. The number of nitrogens with zero attached hydrogens (tertiary/aromatic N) is 1. The molecule has 0 saturated carbocycles. The van der Waals surface area contributed by atoms with E-state index < -0.39 is 28.3 Å². The minimum absolute atomic E-state index is 0.127. The van der Waals surface area contributed by atoms with Crippen LogP contribution in [0.1, 0.15) is 10.4 Å². The fourth-order valence-corrected chi connectivity index (χ4v) is 2.78. The van der Waals surface area contributed by atoms with Gasteiger partial charge in [0.15, 0.2) is 16.4 Å². The number of hydrogen-bond donors (Lipinski definition) is 1. The zero-order valence-electron chi connectivity index (χ0n) is 12.5. The Morgan fingerprint density at radius 1 is 1.21 bits per heavy atom. The van der Waals surface area contributed by atoms with Crippen LogP contribution >= 0.6 is 11.6 Å². The molecular formula is C15H13ClN2O5S. The van der Waals surface area contributed by atoms with Crippen molar-refractivity contribution in [2.75, 3.05) is 18.2 Å². The van der Waals surface area contributed by atoms with E-state index in [9.17, 15) is 18.0 Å². The van der Waals surface area contributed by atoms with Gasteiger partial charge in [0.1, 0.15) is 5.82 Å². The first-order valence-electron chi connectivity index (χ1n) is 6.65. The molecule has 0 spiro atoms. The first kappa shape index (κ1) is 17.9. The SMILES string of the molecule is CS(=O)(=O)c1ccccc1C(=O)OCC(=O)Nc1ccc(Cl)cn1. The highest BCUT2D eigenvalue weighted by Crippen LogP contribution is 2.16. The second-order valence-corrected chi connectivity index (χ2v) is 7.17. The number of carbonyl (C=O) groups excluding carboxylic acids is 2. The third-order valence-electron chi connectivity index (χ3n) is 2.84. The van der Waals surface area contributed by atoms with Crippen LogP contribution < -0.4 is 5.32 Å². The Kier molecular flexibility index (Phi) is 5.53. The van der Waals surface area contributed by atoms with Gasteiger partial charge < -0.3 is 10.1 Å². The smallest absolute Gasteiger partial charge is 0.339 e. The molecule has 0 fully saturated rings. The molecule has 0 aliphatic heterocycles. The van der Waals surface area contributed by atoms with Crippen LogP contribution in [0.5, 0.6) is 0 Å². The van der Waals surface area contributed by atoms with Gasteiger partial charge in [0.05, 0.1) is 15.5 Å². The van der Waals surface area contributed by atoms with E-state index in [4.69, 9.17) is 16.3 Å². The van der Waals surface area contributed by atoms with Crippen LogP contribution in [0.3, 0.4) is 0 Å². The highest BCUT2D eigenvalue weighted by molar-refractivity contribution is 7.90. The van der Waals surface area contributed by atoms with Gasteiger partial charge in [0.2, 0.25) is 0 Å². The molecule has 7 nitrogen and oxygen atoms in total. The molecule has 0 atom stereocenters. The zero-order chi connectivity index (χ0) is 17.7. The van der Waals surface area contributed by atoms with Crippen molar-refractivity contribution in [2.24, 2.45) is 0 Å². The van der Waals surface area contributed by atoms with Crippen molar-refractivity contribution in [1.82, 2.24) is 4.98 Å². The predicted molar refractivity (Wildman–Crippen MR) is 87.7 cm³/mol. The van der Waals surface area contributed by atoms with Crippen molar-refractivity contribution in [1.29, 1.82) is 0 Å². The lowest BCUT2D eigenvalue weighted by molar-refractivity contribution is -0.119. The van der Waals surface area contributed by atoms with Crippen LogP contribution in [0, 0.1) is 0 Å². The van der Waals surface area contributed by atoms with Crippen LogP contribution in [0.25, 0.3) is 0 Å². The highest BCUT2D eigenvalue weighted by Gasteiger charge is 2.20. The molecular weight excluding hydrogens is 356 g/mol. The molecule has 126 valence electrons. The summed E-state index contributed by atoms with van der Waals surface area (Å²) in [6.07, 6.45) is 2.34. The van der Waals surface area contributed by atoms with Gasteiger partial charge >= 0.3 is 5.97 Å². The number of nitrogens with one attached hydrogen (secondary N) is 1. The average molecular weight is 369 g/mol. The second-order valence-electron chi connectivity index (χ2n) is 4.75. The van der Waals surface area contributed by atoms with E-state index in [2.05, 4.69) is 10.3 Å². The van der Waals surface area contributed by atoms with Gasteiger partial charge in [0.25, 0.3) is 5.91 Å². The summed E-state index contributed by atoms with van der Waals surface area (Å²) in [6.45, 7) is -0.582. The Labute approximate surface area is 143 Å². The quantitative estimate of drug-likeness (QED) is 0.809. The lowest BCUT2D eigenvalue weighted by Gasteiger charge is -2.08. The number of benzene rings is 1. The molecule has 0 bridgehead atoms. The van der Waals surface area contributed by atoms with Crippen molar-refractivity contribution in [2.45, 2.75) is 4.90 Å². The Balaban J connectivity index is 2.01. The maximum atomic E-state index is 12.0. The molecule has 2 rings (SSSR count). The highest BCUT2D eigenvalue weighted by atomic mass is 35.5. The second kappa shape index (κ2) is 7.41. The molecule has 1 amide bonds. The molecule has 9 heteroatoms. The number of anilines is 1. The van der Waals surface area contributed by atoms with Crippen molar-refractivity contribution >= 4 is 39.1 Å². The number of sulfone groups is 1. The van der Waals surface area contributed by atoms with Crippen molar-refractivity contribution in [3.05, 3.63) is 53.2 Å². The topological polar surface area (TPSA) is 102 Å². The van der Waals surface area contributed by atoms with Crippen LogP contribution in [-0.2, 0) is 19.4 Å². The van der Waals surface area contributed by atoms with Crippen LogP contribution in [0.4, 0.5) is 5.82 Å². The molecule has 0 unspecified atom stereocenters. The number of halogens is 1. The number of pyridine rings is 1. The fourth-order valence-electron chi connectivity index (χ4n) is 1.80. The summed E-state index contributed by atoms with van der Waals surface area (Å²) in [6, 6.07) is 8.63. The van der Waals surface area contributed by atoms with Gasteiger partial charge in [-0.1, -0.05) is 23.7 Å². The maximum Gasteiger partial charge on any atom is 0.339 e. The van der Waals surface area contributed by atoms with Gasteiger partial charge in [-0.05, 0) is 24.3 Å². The lowest BCUT2D eigenvalue weighted by atomic mass is 10.2. The van der Waals surface area contributed by atoms with Gasteiger partial charge in [-0.15, -0.1) is 0 Å². The molecule has 1 aromatic heterocycles. The molecule has 0 saturated heterocycles. The average Bonchev–Trinajstić information content (AvgIpc) is 2.54. The third kappa shape index (κ3) is 4.77. The molecule has 0 aliphatic carbocycles. The molecule has 1 N–H and O–H groups in total. The van der Waals surface area contributed by atoms with Crippen LogP contribution in [0.2, 0.25) is 5.02 Å². The lowest BCUT2D eigenvalue weighted by Crippen LogP contribution is -2.22. The Bertz CT molecular complexity index is 866. The van der Waals surface area contributed by atoms with Crippen LogP contribution in [-0.4, -0.2) is 38.1 Å². The predicted octanol–water partition coefficient (Wildman–Crippen LogP) is 1.93. The standard InChI is InChI=1S/C15H13ClN2O5S/c1-24(21,22)12-5-3-2-4-11(12)15(20)23-9-14(19)18-13-7-6-10(16)8-17-13/h2-8H,9H2,1H3,(H,17,18,19). The molecule has 1 aromatic carbocycles. The first-order valence-corrected chi connectivity index (χ1v) is 8.92. The normalized spacial score (nSPS) is 10.9. The summed E-state index contributed by atoms with van der Waals surface area (Å²) in [5.74, 6) is -1.28. The van der Waals surface area contributed by atoms with Crippen LogP contribution in [0.15, 0.2) is 47.5 Å². The zero-order valence-corrected chi connectivity index (χ0v) is 14.1. The summed E-state index contributed by atoms with van der Waals surface area (Å²) in [5.41, 5.74) is -0.127. The van der Waals surface area contributed by atoms with Gasteiger partial charge in [-0.3, -0.25) is 4.79 Å². The minimum Gasteiger partial charge on any atom is -0.452 e. The Hall–Kier alpha value is -2.45. The number of ether oxygens (including phenoxy) is 1. The first-order chi connectivity index (χ1) is 11.3. The van der Waals surface area contributed by atoms with E-state index in [0.29, 0.717) is 5.02 Å². The van der Waals surface area contributed by atoms with Gasteiger partial charge in [-0.2, -0.15) is 0 Å². The molecule has 1 heterocycles. The summed E-state index contributed by atoms with van der Waals surface area (Å²) in [7, 11) is -3.59. The summed E-state index contributed by atoms with van der Waals surface area (Å²) >= 11 is 5.68. The van der Waals surface area contributed by atoms with Crippen molar-refractivity contribution in [3.63, 3.8) is 0 Å². The van der Waals surface area contributed by atoms with Gasteiger partial charge in [0, 0.05) is 12.5 Å². The number of amides is 1. The maximum absolute atomic E-state index is 12.0. The van der Waals surface area contributed by atoms with Crippen molar-refractivity contribution < 1.29 is 22.7 Å². The van der Waals surface area contributed by atoms with Crippen molar-refractivity contribution in [3.8, 4) is 0 Å². The molecule has 0 radical (unpaired) electrons. The largest absolute Gasteiger partial charge is 0.452 e. The van der Waals surface area contributed by atoms with E-state index in [1.807, 2.05) is 0 Å². The number of esters is 1. The van der Waals surface area contributed by atoms with E-state index in [-0.39, 0.29) is 16.3 Å². The molecule has 2 aromatic rings. The molecule has 0 aliphatic rings. The number of hydrogen-bond acceptors (Lipinski definition) is 6. The summed E-state index contributed by atoms with van der Waals surface area (Å²) < 4.78 is 28.2. The fraction of sp³-hybridized carbons (Fsp3) is 0.133. The van der Waals surface area contributed by atoms with E-state index >= 15 is 0 Å². The minimum atomic E-state index is -3.59. The Morgan fingerprint density at radius 3 is 2.54 bits per heavy atom. The number of aromatic nitrogens is 1.